The van der Waals surface area contributed by atoms with Crippen molar-refractivity contribution in [1.82, 2.24) is 0 Å². The molecule has 0 aromatic heterocycles. The number of hydrogen-bond acceptors (Lipinski definition) is 3. The molecule has 0 heterocycles. The molecule has 0 saturated heterocycles. The third kappa shape index (κ3) is 29.2. The Morgan fingerprint density at radius 1 is 0.684 bits per heavy atom. The van der Waals surface area contributed by atoms with Crippen molar-refractivity contribution in [2.45, 2.75) is 193 Å². The van der Waals surface area contributed by atoms with Crippen LogP contribution in [0.15, 0.2) is 12.2 Å². The summed E-state index contributed by atoms with van der Waals surface area (Å²) in [6, 6.07) is 0. The summed E-state index contributed by atoms with van der Waals surface area (Å²) < 4.78 is 122. The number of carbonyl (C=O) groups excluding carboxylic acids is 1. The lowest BCUT2D eigenvalue weighted by atomic mass is 10.0. The van der Waals surface area contributed by atoms with Gasteiger partial charge in [0.25, 0.3) is 0 Å². The molecule has 0 aromatic rings. The summed E-state index contributed by atoms with van der Waals surface area (Å²) in [4.78, 5) is 24.3. The predicted octanol–water partition coefficient (Wildman–Crippen LogP) is 11.1. The maximum absolute atomic E-state index is 13.2. The van der Waals surface area contributed by atoms with Gasteiger partial charge in [-0.05, 0) is 57.6 Å². The number of hydrogen-bond donors (Lipinski definition) is 1. The van der Waals surface area contributed by atoms with Gasteiger partial charge >= 0.3 is 11.9 Å². The molecule has 0 aliphatic rings. The maximum atomic E-state index is 13.2. The third-order valence-electron chi connectivity index (χ3n) is 6.23. The van der Waals surface area contributed by atoms with Crippen LogP contribution in [0.25, 0.3) is 0 Å². The Labute approximate surface area is 256 Å². The monoisotopic (exact) mass is 551 g/mol. The summed E-state index contributed by atoms with van der Waals surface area (Å²) in [6.45, 7) is 4.16. The summed E-state index contributed by atoms with van der Waals surface area (Å²) in [5.74, 6) is -3.01. The van der Waals surface area contributed by atoms with Gasteiger partial charge in [-0.25, -0.2) is 0 Å². The van der Waals surface area contributed by atoms with E-state index in [-0.39, 0.29) is 25.7 Å². The zero-order valence-corrected chi connectivity index (χ0v) is 24.0. The second-order valence-electron chi connectivity index (χ2n) is 9.78. The zero-order valence-electron chi connectivity index (χ0n) is 38.0. The van der Waals surface area contributed by atoms with E-state index in [0.29, 0.717) is 19.3 Å². The number of carboxylic acid groups (broad SMARTS) is 1. The average molecular weight is 551 g/mol. The fourth-order valence-corrected chi connectivity index (χ4v) is 4.05. The largest absolute Gasteiger partial charge is 0.481 e. The van der Waals surface area contributed by atoms with Crippen LogP contribution in [0.3, 0.4) is 0 Å². The fourth-order valence-electron chi connectivity index (χ4n) is 4.05. The van der Waals surface area contributed by atoms with Crippen LogP contribution in [0, 0.1) is 0 Å². The Morgan fingerprint density at radius 3 is 1.84 bits per heavy atom. The van der Waals surface area contributed by atoms with Crippen molar-refractivity contribution in [2.75, 3.05) is 0 Å². The lowest BCUT2D eigenvalue weighted by Gasteiger charge is -2.18. The number of carboxylic acids is 1. The first-order valence-electron chi connectivity index (χ1n) is 21.9. The van der Waals surface area contributed by atoms with Crippen molar-refractivity contribution in [1.29, 1.82) is 0 Å². The van der Waals surface area contributed by atoms with E-state index in [2.05, 4.69) is 6.92 Å². The van der Waals surface area contributed by atoms with Gasteiger partial charge in [-0.3, -0.25) is 9.59 Å². The molecule has 0 spiro atoms. The highest BCUT2D eigenvalue weighted by molar-refractivity contribution is 5.69. The highest BCUT2D eigenvalue weighted by atomic mass is 16.5. The Bertz CT molecular complexity index is 1080. The number of rotatable bonds is 30. The topological polar surface area (TPSA) is 63.6 Å². The van der Waals surface area contributed by atoms with Crippen LogP contribution < -0.4 is 0 Å². The molecule has 1 atom stereocenters. The van der Waals surface area contributed by atoms with Crippen molar-refractivity contribution in [2.24, 2.45) is 0 Å². The molecule has 1 N–H and O–H groups in total. The van der Waals surface area contributed by atoms with Gasteiger partial charge < -0.3 is 9.84 Å². The highest BCUT2D eigenvalue weighted by Crippen LogP contribution is 2.18. The van der Waals surface area contributed by atoms with E-state index in [0.717, 1.165) is 57.4 Å². The minimum atomic E-state index is -4.27. The standard InChI is InChI=1S/C34H64O4/c1-3-5-7-9-11-13-15-16-18-20-22-24-26-31-34(37)38-32(29-27-30-33(35)36)28-25-23-21-19-17-14-12-10-8-6-4-2/h13,15,32H,3-12,14,16-31H2,1-2H3,(H,35,36)/b15-13+/i16D2,18D2,20D2,22D2,24D2,26D2,31D2. The summed E-state index contributed by atoms with van der Waals surface area (Å²) in [7, 11) is 0. The van der Waals surface area contributed by atoms with E-state index in [1.54, 1.807) is 0 Å². The van der Waals surface area contributed by atoms with Crippen LogP contribution >= 0.6 is 0 Å². The molecule has 0 fully saturated rings. The molecule has 224 valence electrons. The molecule has 0 aliphatic heterocycles. The molecule has 0 rings (SSSR count). The molecular weight excluding hydrogens is 472 g/mol. The van der Waals surface area contributed by atoms with Crippen molar-refractivity contribution < 1.29 is 38.6 Å². The molecular formula is C34H64O4. The lowest BCUT2D eigenvalue weighted by molar-refractivity contribution is -0.150. The van der Waals surface area contributed by atoms with Crippen molar-refractivity contribution >= 4 is 11.9 Å². The Morgan fingerprint density at radius 2 is 1.21 bits per heavy atom. The number of esters is 1. The number of aliphatic carboxylic acids is 1. The fraction of sp³-hybridized carbons (Fsp3) is 0.882. The summed E-state index contributed by atoms with van der Waals surface area (Å²) in [5, 5.41) is 9.06. The molecule has 38 heavy (non-hydrogen) atoms. The van der Waals surface area contributed by atoms with E-state index < -0.39 is 62.7 Å². The Kier molecular flexibility index (Phi) is 15.0. The molecule has 4 heteroatoms. The van der Waals surface area contributed by atoms with Crippen LogP contribution in [0.4, 0.5) is 0 Å². The number of carbonyl (C=O) groups is 2. The molecule has 4 nitrogen and oxygen atoms in total. The van der Waals surface area contributed by atoms with Gasteiger partial charge in [0.05, 0.1) is 0 Å². The normalized spacial score (nSPS) is 20.4. The number of unbranched alkanes of at least 4 members (excludes halogenated alkanes) is 14. The Hall–Kier alpha value is -1.32. The minimum absolute atomic E-state index is 0.00738. The number of ether oxygens (including phenoxy) is 1. The molecule has 0 bridgehead atoms. The van der Waals surface area contributed by atoms with Crippen LogP contribution in [-0.4, -0.2) is 23.1 Å². The molecule has 0 aromatic carbocycles. The van der Waals surface area contributed by atoms with Crippen molar-refractivity contribution in [3.05, 3.63) is 12.2 Å². The van der Waals surface area contributed by atoms with Gasteiger partial charge in [0.1, 0.15) is 6.10 Å². The molecule has 0 amide bonds. The number of allylic oxidation sites excluding steroid dienone is 2. The SMILES string of the molecule is [2H]C([2H])(/C=C/CCCCCC)C([2H])([2H])C([2H])([2H])C([2H])([2H])C([2H])([2H])C([2H])([2H])C([2H])([2H])C(=O)OC(CCCCCCCCCCCCC)CCCC(=O)O. The third-order valence-corrected chi connectivity index (χ3v) is 6.23. The quantitative estimate of drug-likeness (QED) is 0.0548. The maximum Gasteiger partial charge on any atom is 0.306 e. The van der Waals surface area contributed by atoms with Gasteiger partial charge in [-0.15, -0.1) is 0 Å². The van der Waals surface area contributed by atoms with Crippen LogP contribution in [0.2, 0.25) is 0 Å². The van der Waals surface area contributed by atoms with Crippen LogP contribution in [-0.2, 0) is 14.3 Å². The van der Waals surface area contributed by atoms with Gasteiger partial charge in [0.2, 0.25) is 0 Å². The van der Waals surface area contributed by atoms with Gasteiger partial charge in [-0.2, -0.15) is 0 Å². The van der Waals surface area contributed by atoms with E-state index in [4.69, 9.17) is 29.0 Å². The smallest absolute Gasteiger partial charge is 0.306 e. The van der Waals surface area contributed by atoms with Crippen molar-refractivity contribution in [3.63, 3.8) is 0 Å². The van der Waals surface area contributed by atoms with E-state index in [1.165, 1.54) is 38.2 Å². The second kappa shape index (κ2) is 30.2. The molecule has 0 radical (unpaired) electrons. The zero-order chi connectivity index (χ0) is 40.5. The van der Waals surface area contributed by atoms with Gasteiger partial charge in [0.15, 0.2) is 0 Å². The van der Waals surface area contributed by atoms with E-state index >= 15 is 0 Å². The predicted molar refractivity (Wildman–Crippen MR) is 163 cm³/mol. The van der Waals surface area contributed by atoms with Crippen LogP contribution in [0.1, 0.15) is 206 Å². The Balaban J connectivity index is 5.91. The molecule has 1 unspecified atom stereocenters. The summed E-state index contributed by atoms with van der Waals surface area (Å²) in [5.41, 5.74) is 0. The van der Waals surface area contributed by atoms with Crippen LogP contribution in [0.5, 0.6) is 0 Å². The summed E-state index contributed by atoms with van der Waals surface area (Å²) >= 11 is 0. The first kappa shape index (κ1) is 18.9. The highest BCUT2D eigenvalue weighted by Gasteiger charge is 2.15. The minimum Gasteiger partial charge on any atom is -0.481 e. The second-order valence-corrected chi connectivity index (χ2v) is 9.78. The van der Waals surface area contributed by atoms with E-state index in [9.17, 15) is 9.59 Å². The lowest BCUT2D eigenvalue weighted by Crippen LogP contribution is -2.18. The van der Waals surface area contributed by atoms with E-state index in [1.807, 2.05) is 6.92 Å². The van der Waals surface area contributed by atoms with Gasteiger partial charge in [0, 0.05) is 32.0 Å². The van der Waals surface area contributed by atoms with Gasteiger partial charge in [-0.1, -0.05) is 129 Å². The van der Waals surface area contributed by atoms with Crippen molar-refractivity contribution in [3.8, 4) is 0 Å². The average Bonchev–Trinajstić information content (AvgIpc) is 3.04. The molecule has 0 aliphatic carbocycles. The summed E-state index contributed by atoms with van der Waals surface area (Å²) in [6.07, 6.45) is -11.7. The first-order chi connectivity index (χ1) is 23.8. The molecule has 0 saturated carbocycles. The first-order valence-corrected chi connectivity index (χ1v) is 14.9.